The summed E-state index contributed by atoms with van der Waals surface area (Å²) >= 11 is 5.84. The second-order valence-corrected chi connectivity index (χ2v) is 4.27. The summed E-state index contributed by atoms with van der Waals surface area (Å²) < 4.78 is 0. The zero-order valence-corrected chi connectivity index (χ0v) is 11.1. The number of rotatable bonds is 4. The fourth-order valence-corrected chi connectivity index (χ4v) is 1.43. The number of aliphatic imine (C=N–C) groups is 1. The first kappa shape index (κ1) is 14.0. The maximum Gasteiger partial charge on any atom is 0.103 e. The van der Waals surface area contributed by atoms with Crippen LogP contribution in [-0.4, -0.2) is 25.3 Å². The number of hydrogen-bond donors (Lipinski definition) is 0. The van der Waals surface area contributed by atoms with Crippen LogP contribution in [0.1, 0.15) is 5.56 Å². The van der Waals surface area contributed by atoms with Crippen molar-refractivity contribution in [2.45, 2.75) is 0 Å². The van der Waals surface area contributed by atoms with Gasteiger partial charge < -0.3 is 4.90 Å². The van der Waals surface area contributed by atoms with Crippen LogP contribution in [-0.2, 0) is 0 Å². The normalized spacial score (nSPS) is 11.9. The van der Waals surface area contributed by atoms with Crippen molar-refractivity contribution in [3.8, 4) is 6.07 Å². The summed E-state index contributed by atoms with van der Waals surface area (Å²) in [5, 5.41) is 9.34. The van der Waals surface area contributed by atoms with E-state index in [1.807, 2.05) is 50.5 Å². The van der Waals surface area contributed by atoms with Gasteiger partial charge in [-0.2, -0.15) is 5.26 Å². The van der Waals surface area contributed by atoms with Gasteiger partial charge in [0, 0.05) is 19.7 Å². The highest BCUT2D eigenvalue weighted by Crippen LogP contribution is 2.25. The van der Waals surface area contributed by atoms with Gasteiger partial charge in [0.1, 0.15) is 6.07 Å². The van der Waals surface area contributed by atoms with Crippen LogP contribution < -0.4 is 0 Å². The Morgan fingerprint density at radius 3 is 2.44 bits per heavy atom. The minimum absolute atomic E-state index is 0.187. The van der Waals surface area contributed by atoms with Gasteiger partial charge >= 0.3 is 0 Å². The van der Waals surface area contributed by atoms with Gasteiger partial charge in [-0.15, -0.1) is 0 Å². The highest BCUT2D eigenvalue weighted by Gasteiger charge is 2.10. The Morgan fingerprint density at radius 2 is 2.00 bits per heavy atom. The molecule has 3 nitrogen and oxygen atoms in total. The molecule has 0 heterocycles. The third-order valence-corrected chi connectivity index (χ3v) is 2.27. The van der Waals surface area contributed by atoms with Crippen molar-refractivity contribution in [3.05, 3.63) is 53.1 Å². The molecule has 0 fully saturated rings. The molecule has 0 N–H and O–H groups in total. The molecule has 92 valence electrons. The van der Waals surface area contributed by atoms with E-state index in [4.69, 9.17) is 16.9 Å². The summed E-state index contributed by atoms with van der Waals surface area (Å²) in [5.41, 5.74) is 1.63. The number of nitriles is 1. The number of allylic oxidation sites excluding steroid dienone is 2. The van der Waals surface area contributed by atoms with Crippen LogP contribution in [0.2, 0.25) is 0 Å². The summed E-state index contributed by atoms with van der Waals surface area (Å²) in [6.07, 6.45) is 1.62. The predicted octanol–water partition coefficient (Wildman–Crippen LogP) is 3.26. The molecule has 0 aliphatic rings. The Labute approximate surface area is 112 Å². The van der Waals surface area contributed by atoms with Crippen LogP contribution >= 0.6 is 11.6 Å². The maximum absolute atomic E-state index is 9.15. The van der Waals surface area contributed by atoms with Crippen LogP contribution in [0.25, 0.3) is 5.70 Å². The first-order chi connectivity index (χ1) is 8.56. The van der Waals surface area contributed by atoms with Crippen molar-refractivity contribution in [3.63, 3.8) is 0 Å². The second-order valence-electron chi connectivity index (χ2n) is 3.81. The van der Waals surface area contributed by atoms with E-state index in [9.17, 15) is 0 Å². The smallest absolute Gasteiger partial charge is 0.103 e. The lowest BCUT2D eigenvalue weighted by Crippen LogP contribution is -2.08. The Kier molecular flexibility index (Phi) is 5.16. The van der Waals surface area contributed by atoms with Gasteiger partial charge in [0.25, 0.3) is 0 Å². The molecule has 1 rings (SSSR count). The highest BCUT2D eigenvalue weighted by atomic mass is 35.5. The van der Waals surface area contributed by atoms with E-state index >= 15 is 0 Å². The fraction of sp³-hybridized carbons (Fsp3) is 0.143. The van der Waals surface area contributed by atoms with E-state index in [0.29, 0.717) is 5.70 Å². The molecule has 0 unspecified atom stereocenters. The lowest BCUT2D eigenvalue weighted by atomic mass is 10.1. The SMILES string of the molecule is C=C(Cl)/C(C#N)=C(\N=CN(C)C)c1ccccc1. The zero-order valence-electron chi connectivity index (χ0n) is 10.4. The molecule has 4 heteroatoms. The van der Waals surface area contributed by atoms with Gasteiger partial charge in [0.2, 0.25) is 0 Å². The summed E-state index contributed by atoms with van der Waals surface area (Å²) in [6, 6.07) is 11.5. The van der Waals surface area contributed by atoms with Crippen LogP contribution in [0.15, 0.2) is 52.5 Å². The van der Waals surface area contributed by atoms with Crippen molar-refractivity contribution in [1.82, 2.24) is 4.90 Å². The van der Waals surface area contributed by atoms with Crippen molar-refractivity contribution in [2.75, 3.05) is 14.1 Å². The summed E-state index contributed by atoms with van der Waals surface area (Å²) in [6.45, 7) is 3.60. The van der Waals surface area contributed by atoms with Crippen molar-refractivity contribution in [2.24, 2.45) is 4.99 Å². The van der Waals surface area contributed by atoms with E-state index < -0.39 is 0 Å². The molecular weight excluding hydrogens is 246 g/mol. The quantitative estimate of drug-likeness (QED) is 0.360. The average Bonchev–Trinajstić information content (AvgIpc) is 2.34. The molecule has 1 aromatic rings. The molecule has 0 bridgehead atoms. The zero-order chi connectivity index (χ0) is 13.5. The number of halogens is 1. The average molecular weight is 260 g/mol. The van der Waals surface area contributed by atoms with Crippen molar-refractivity contribution < 1.29 is 0 Å². The van der Waals surface area contributed by atoms with Gasteiger partial charge in [-0.3, -0.25) is 0 Å². The van der Waals surface area contributed by atoms with E-state index in [0.717, 1.165) is 5.56 Å². The molecule has 0 saturated carbocycles. The van der Waals surface area contributed by atoms with Crippen molar-refractivity contribution >= 4 is 23.6 Å². The molecule has 0 radical (unpaired) electrons. The number of hydrogen-bond acceptors (Lipinski definition) is 2. The van der Waals surface area contributed by atoms with E-state index in [1.165, 1.54) is 0 Å². The summed E-state index contributed by atoms with van der Waals surface area (Å²) in [4.78, 5) is 6.09. The van der Waals surface area contributed by atoms with Crippen LogP contribution in [0, 0.1) is 11.3 Å². The summed E-state index contributed by atoms with van der Waals surface area (Å²) in [5.74, 6) is 0. The monoisotopic (exact) mass is 259 g/mol. The molecule has 0 atom stereocenters. The van der Waals surface area contributed by atoms with E-state index in [2.05, 4.69) is 11.6 Å². The van der Waals surface area contributed by atoms with Crippen LogP contribution in [0.3, 0.4) is 0 Å². The Hall–Kier alpha value is -2.05. The van der Waals surface area contributed by atoms with Gasteiger partial charge in [-0.25, -0.2) is 4.99 Å². The molecule has 0 saturated heterocycles. The highest BCUT2D eigenvalue weighted by molar-refractivity contribution is 6.32. The largest absolute Gasteiger partial charge is 0.369 e. The molecule has 0 spiro atoms. The molecule has 0 amide bonds. The molecular formula is C14H14ClN3. The van der Waals surface area contributed by atoms with Gasteiger partial charge in [0.05, 0.1) is 22.6 Å². The third-order valence-electron chi connectivity index (χ3n) is 2.08. The Bertz CT molecular complexity index is 522. The summed E-state index contributed by atoms with van der Waals surface area (Å²) in [7, 11) is 3.71. The van der Waals surface area contributed by atoms with Gasteiger partial charge in [-0.1, -0.05) is 48.5 Å². The predicted molar refractivity (Wildman–Crippen MR) is 76.1 cm³/mol. The molecule has 18 heavy (non-hydrogen) atoms. The first-order valence-corrected chi connectivity index (χ1v) is 5.69. The third kappa shape index (κ3) is 3.76. The van der Waals surface area contributed by atoms with E-state index in [1.54, 1.807) is 11.2 Å². The molecule has 0 aliphatic heterocycles. The lowest BCUT2D eigenvalue weighted by molar-refractivity contribution is 0.643. The van der Waals surface area contributed by atoms with Crippen LogP contribution in [0.5, 0.6) is 0 Å². The van der Waals surface area contributed by atoms with E-state index in [-0.39, 0.29) is 10.6 Å². The standard InChI is InChI=1S/C14H14ClN3/c1-11(15)13(9-16)14(17-10-18(2)3)12-7-5-4-6-8-12/h4-8,10H,1H2,2-3H3/b14-13-,17-10?. The van der Waals surface area contributed by atoms with Gasteiger partial charge in [0.15, 0.2) is 0 Å². The minimum atomic E-state index is 0.187. The molecule has 0 aliphatic carbocycles. The number of benzene rings is 1. The van der Waals surface area contributed by atoms with Crippen molar-refractivity contribution in [1.29, 1.82) is 5.26 Å². The Balaban J connectivity index is 3.37. The van der Waals surface area contributed by atoms with Crippen LogP contribution in [0.4, 0.5) is 0 Å². The molecule has 0 aromatic heterocycles. The maximum atomic E-state index is 9.15. The fourth-order valence-electron chi connectivity index (χ4n) is 1.29. The first-order valence-electron chi connectivity index (χ1n) is 5.31. The lowest BCUT2D eigenvalue weighted by Gasteiger charge is -2.07. The minimum Gasteiger partial charge on any atom is -0.369 e. The molecule has 1 aromatic carbocycles. The Morgan fingerprint density at radius 1 is 1.39 bits per heavy atom. The topological polar surface area (TPSA) is 39.4 Å². The second kappa shape index (κ2) is 6.63. The van der Waals surface area contributed by atoms with Gasteiger partial charge in [-0.05, 0) is 0 Å². The number of nitrogens with zero attached hydrogens (tertiary/aromatic N) is 3.